The summed E-state index contributed by atoms with van der Waals surface area (Å²) in [5, 5.41) is 5.08. The van der Waals surface area contributed by atoms with Crippen molar-refractivity contribution in [3.63, 3.8) is 0 Å². The van der Waals surface area contributed by atoms with Gasteiger partial charge in [0, 0.05) is 5.39 Å². The van der Waals surface area contributed by atoms with Gasteiger partial charge in [-0.1, -0.05) is 11.2 Å². The van der Waals surface area contributed by atoms with Crippen LogP contribution in [0.2, 0.25) is 0 Å². The van der Waals surface area contributed by atoms with Gasteiger partial charge in [0.05, 0.1) is 5.69 Å². The van der Waals surface area contributed by atoms with E-state index in [0.29, 0.717) is 0 Å². The molecule has 0 saturated carbocycles. The molecule has 0 fully saturated rings. The summed E-state index contributed by atoms with van der Waals surface area (Å²) in [6, 6.07) is 4.16. The molecule has 0 aliphatic rings. The predicted octanol–water partition coefficient (Wildman–Crippen LogP) is 2.75. The first-order chi connectivity index (χ1) is 5.68. The van der Waals surface area contributed by atoms with Crippen LogP contribution in [0.15, 0.2) is 16.7 Å². The molecular formula is C10H11NO. The lowest BCUT2D eigenvalue weighted by molar-refractivity contribution is 0.450. The van der Waals surface area contributed by atoms with Crippen molar-refractivity contribution in [3.05, 3.63) is 29.0 Å². The lowest BCUT2D eigenvalue weighted by Crippen LogP contribution is -1.79. The van der Waals surface area contributed by atoms with Gasteiger partial charge in [-0.3, -0.25) is 0 Å². The zero-order valence-electron chi connectivity index (χ0n) is 7.51. The Morgan fingerprint density at radius 3 is 2.67 bits per heavy atom. The van der Waals surface area contributed by atoms with Crippen LogP contribution in [0.4, 0.5) is 0 Å². The van der Waals surface area contributed by atoms with Gasteiger partial charge in [-0.25, -0.2) is 0 Å². The summed E-state index contributed by atoms with van der Waals surface area (Å²) in [4.78, 5) is 0. The van der Waals surface area contributed by atoms with Gasteiger partial charge in [-0.2, -0.15) is 0 Å². The normalized spacial score (nSPS) is 10.9. The summed E-state index contributed by atoms with van der Waals surface area (Å²) < 4.78 is 5.16. The summed E-state index contributed by atoms with van der Waals surface area (Å²) in [6.07, 6.45) is 0. The number of aromatic nitrogens is 1. The fourth-order valence-corrected chi connectivity index (χ4v) is 1.63. The second kappa shape index (κ2) is 2.34. The van der Waals surface area contributed by atoms with Gasteiger partial charge in [0.2, 0.25) is 0 Å². The summed E-state index contributed by atoms with van der Waals surface area (Å²) in [5.41, 5.74) is 4.33. The molecule has 2 aromatic rings. The molecule has 0 unspecified atom stereocenters. The van der Waals surface area contributed by atoms with Crippen LogP contribution in [0.3, 0.4) is 0 Å². The van der Waals surface area contributed by atoms with Gasteiger partial charge in [0.15, 0.2) is 5.58 Å². The average molecular weight is 161 g/mol. The minimum Gasteiger partial charge on any atom is -0.356 e. The Labute approximate surface area is 71.2 Å². The van der Waals surface area contributed by atoms with Crippen LogP contribution < -0.4 is 0 Å². The van der Waals surface area contributed by atoms with Crippen molar-refractivity contribution in [1.82, 2.24) is 5.16 Å². The third-order valence-corrected chi connectivity index (χ3v) is 2.09. The molecule has 0 radical (unpaired) electrons. The third-order valence-electron chi connectivity index (χ3n) is 2.09. The zero-order chi connectivity index (χ0) is 8.72. The van der Waals surface area contributed by atoms with Crippen LogP contribution in [-0.4, -0.2) is 5.16 Å². The van der Waals surface area contributed by atoms with Gasteiger partial charge < -0.3 is 4.52 Å². The third kappa shape index (κ3) is 0.916. The molecule has 0 aliphatic carbocycles. The first-order valence-corrected chi connectivity index (χ1v) is 4.02. The number of benzene rings is 1. The van der Waals surface area contributed by atoms with Crippen molar-refractivity contribution < 1.29 is 4.52 Å². The van der Waals surface area contributed by atoms with Gasteiger partial charge in [0.25, 0.3) is 0 Å². The maximum atomic E-state index is 5.16. The lowest BCUT2D eigenvalue weighted by atomic mass is 10.1. The molecule has 12 heavy (non-hydrogen) atoms. The summed E-state index contributed by atoms with van der Waals surface area (Å²) in [7, 11) is 0. The highest BCUT2D eigenvalue weighted by Gasteiger charge is 2.06. The van der Waals surface area contributed by atoms with Gasteiger partial charge >= 0.3 is 0 Å². The Hall–Kier alpha value is -1.31. The van der Waals surface area contributed by atoms with Crippen LogP contribution in [-0.2, 0) is 0 Å². The highest BCUT2D eigenvalue weighted by atomic mass is 16.5. The lowest BCUT2D eigenvalue weighted by Gasteiger charge is -1.96. The molecule has 1 aromatic heterocycles. The maximum Gasteiger partial charge on any atom is 0.167 e. The van der Waals surface area contributed by atoms with E-state index in [0.717, 1.165) is 16.7 Å². The van der Waals surface area contributed by atoms with Crippen molar-refractivity contribution >= 4 is 11.0 Å². The van der Waals surface area contributed by atoms with Crippen molar-refractivity contribution in [1.29, 1.82) is 0 Å². The standard InChI is InChI=1S/C10H11NO/c1-6-4-7(2)10-8(3)11-12-9(10)5-6/h4-5H,1-3H3. The van der Waals surface area contributed by atoms with Gasteiger partial charge in [-0.05, 0) is 38.0 Å². The van der Waals surface area contributed by atoms with E-state index in [4.69, 9.17) is 4.52 Å². The van der Waals surface area contributed by atoms with E-state index in [-0.39, 0.29) is 0 Å². The fourth-order valence-electron chi connectivity index (χ4n) is 1.63. The van der Waals surface area contributed by atoms with E-state index in [2.05, 4.69) is 25.1 Å². The molecule has 1 aromatic carbocycles. The van der Waals surface area contributed by atoms with Crippen molar-refractivity contribution in [2.24, 2.45) is 0 Å². The average Bonchev–Trinajstić information content (AvgIpc) is 2.31. The summed E-state index contributed by atoms with van der Waals surface area (Å²) in [6.45, 7) is 6.11. The highest BCUT2D eigenvalue weighted by molar-refractivity contribution is 5.83. The Balaban J connectivity index is 2.93. The smallest absolute Gasteiger partial charge is 0.167 e. The maximum absolute atomic E-state index is 5.16. The van der Waals surface area contributed by atoms with Crippen molar-refractivity contribution in [2.45, 2.75) is 20.8 Å². The molecule has 0 amide bonds. The minimum atomic E-state index is 0.894. The van der Waals surface area contributed by atoms with Crippen LogP contribution in [0.5, 0.6) is 0 Å². The quantitative estimate of drug-likeness (QED) is 0.593. The van der Waals surface area contributed by atoms with Gasteiger partial charge in [0.1, 0.15) is 0 Å². The molecule has 2 nitrogen and oxygen atoms in total. The van der Waals surface area contributed by atoms with Crippen molar-refractivity contribution in [2.75, 3.05) is 0 Å². The number of rotatable bonds is 0. The Morgan fingerprint density at radius 1 is 1.17 bits per heavy atom. The van der Waals surface area contributed by atoms with E-state index in [1.165, 1.54) is 11.1 Å². The van der Waals surface area contributed by atoms with Gasteiger partial charge in [-0.15, -0.1) is 0 Å². The van der Waals surface area contributed by atoms with Crippen LogP contribution >= 0.6 is 0 Å². The first-order valence-electron chi connectivity index (χ1n) is 4.02. The molecule has 0 bridgehead atoms. The van der Waals surface area contributed by atoms with Crippen LogP contribution in [0.25, 0.3) is 11.0 Å². The van der Waals surface area contributed by atoms with Crippen molar-refractivity contribution in [3.8, 4) is 0 Å². The molecule has 0 atom stereocenters. The SMILES string of the molecule is Cc1cc(C)c2c(C)noc2c1. The summed E-state index contributed by atoms with van der Waals surface area (Å²) in [5.74, 6) is 0. The summed E-state index contributed by atoms with van der Waals surface area (Å²) >= 11 is 0. The number of hydrogen-bond donors (Lipinski definition) is 0. The molecular weight excluding hydrogens is 150 g/mol. The van der Waals surface area contributed by atoms with E-state index in [9.17, 15) is 0 Å². The zero-order valence-corrected chi connectivity index (χ0v) is 7.51. The number of nitrogens with zero attached hydrogens (tertiary/aromatic N) is 1. The highest BCUT2D eigenvalue weighted by Crippen LogP contribution is 2.22. The van der Waals surface area contributed by atoms with E-state index in [1.807, 2.05) is 13.0 Å². The fraction of sp³-hybridized carbons (Fsp3) is 0.300. The Kier molecular flexibility index (Phi) is 1.43. The Bertz CT molecular complexity index is 429. The Morgan fingerprint density at radius 2 is 1.92 bits per heavy atom. The molecule has 0 spiro atoms. The second-order valence-electron chi connectivity index (χ2n) is 3.22. The molecule has 2 rings (SSSR count). The largest absolute Gasteiger partial charge is 0.356 e. The van der Waals surface area contributed by atoms with E-state index < -0.39 is 0 Å². The molecule has 0 saturated heterocycles. The topological polar surface area (TPSA) is 26.0 Å². The molecule has 2 heteroatoms. The monoisotopic (exact) mass is 161 g/mol. The first kappa shape index (κ1) is 7.35. The number of aryl methyl sites for hydroxylation is 3. The van der Waals surface area contributed by atoms with E-state index in [1.54, 1.807) is 0 Å². The number of fused-ring (bicyclic) bond motifs is 1. The van der Waals surface area contributed by atoms with Crippen LogP contribution in [0, 0.1) is 20.8 Å². The second-order valence-corrected chi connectivity index (χ2v) is 3.22. The minimum absolute atomic E-state index is 0.894. The van der Waals surface area contributed by atoms with E-state index >= 15 is 0 Å². The number of hydrogen-bond acceptors (Lipinski definition) is 2. The molecule has 1 heterocycles. The predicted molar refractivity (Wildman–Crippen MR) is 48.2 cm³/mol. The molecule has 0 aliphatic heterocycles. The molecule has 0 N–H and O–H groups in total. The van der Waals surface area contributed by atoms with Crippen LogP contribution in [0.1, 0.15) is 16.8 Å². The molecule has 62 valence electrons.